The predicted molar refractivity (Wildman–Crippen MR) is 123 cm³/mol. The molecule has 0 atom stereocenters. The van der Waals surface area contributed by atoms with Crippen molar-refractivity contribution in [3.05, 3.63) is 77.4 Å². The van der Waals surface area contributed by atoms with Crippen LogP contribution in [0.1, 0.15) is 36.4 Å². The van der Waals surface area contributed by atoms with Gasteiger partial charge in [0.05, 0.1) is 17.2 Å². The van der Waals surface area contributed by atoms with Crippen LogP contribution in [0.5, 0.6) is 0 Å². The van der Waals surface area contributed by atoms with Crippen molar-refractivity contribution < 1.29 is 0 Å². The summed E-state index contributed by atoms with van der Waals surface area (Å²) in [5.41, 5.74) is 14.0. The van der Waals surface area contributed by atoms with Crippen molar-refractivity contribution in [2.75, 3.05) is 12.3 Å². The molecule has 0 unspecified atom stereocenters. The Balaban J connectivity index is 1.73. The van der Waals surface area contributed by atoms with Gasteiger partial charge in [0, 0.05) is 24.0 Å². The minimum atomic E-state index is 0.269. The minimum absolute atomic E-state index is 0.269. The number of nitrogens with two attached hydrogens (primary N) is 1. The number of nitrogens with one attached hydrogen (secondary N) is 3. The summed E-state index contributed by atoms with van der Waals surface area (Å²) in [5.74, 6) is 0.483. The van der Waals surface area contributed by atoms with E-state index in [0.29, 0.717) is 17.1 Å². The molecule has 0 radical (unpaired) electrons. The molecular weight excluding hydrogens is 372 g/mol. The van der Waals surface area contributed by atoms with Gasteiger partial charge in [-0.15, -0.1) is 0 Å². The number of aryl methyl sites for hydroxylation is 1. The molecule has 0 aliphatic carbocycles. The van der Waals surface area contributed by atoms with Crippen molar-refractivity contribution in [2.45, 2.75) is 26.8 Å². The Labute approximate surface area is 176 Å². The lowest BCUT2D eigenvalue weighted by Crippen LogP contribution is -2.12. The van der Waals surface area contributed by atoms with Crippen LogP contribution in [0.4, 0.5) is 5.69 Å². The van der Waals surface area contributed by atoms with Crippen LogP contribution in [-0.4, -0.2) is 27.2 Å². The number of fused-ring (bicyclic) bond motifs is 1. The summed E-state index contributed by atoms with van der Waals surface area (Å²) < 4.78 is 0. The number of rotatable bonds is 7. The number of pyridine rings is 1. The molecule has 0 amide bonds. The molecular formula is C24H26N6. The van der Waals surface area contributed by atoms with Gasteiger partial charge in [-0.2, -0.15) is 0 Å². The number of H-pyrrole nitrogens is 1. The van der Waals surface area contributed by atoms with Crippen molar-refractivity contribution in [1.29, 1.82) is 5.41 Å². The first-order chi connectivity index (χ1) is 14.6. The largest absolute Gasteiger partial charge is 0.398 e. The maximum Gasteiger partial charge on any atom is 0.157 e. The van der Waals surface area contributed by atoms with E-state index in [4.69, 9.17) is 11.1 Å². The Morgan fingerprint density at radius 3 is 2.67 bits per heavy atom. The number of benzene rings is 2. The second-order valence-corrected chi connectivity index (χ2v) is 7.33. The Morgan fingerprint density at radius 1 is 1.07 bits per heavy atom. The molecule has 0 aliphatic rings. The summed E-state index contributed by atoms with van der Waals surface area (Å²) >= 11 is 0. The van der Waals surface area contributed by atoms with E-state index in [1.54, 1.807) is 12.4 Å². The number of nitrogen functional groups attached to an aromatic ring is 1. The Kier molecular flexibility index (Phi) is 5.59. The molecule has 0 fully saturated rings. The van der Waals surface area contributed by atoms with Crippen LogP contribution in [-0.2, 0) is 13.0 Å². The predicted octanol–water partition coefficient (Wildman–Crippen LogP) is 4.30. The van der Waals surface area contributed by atoms with Gasteiger partial charge in [-0.3, -0.25) is 10.4 Å². The van der Waals surface area contributed by atoms with E-state index < -0.39 is 0 Å². The average molecular weight is 399 g/mol. The van der Waals surface area contributed by atoms with Gasteiger partial charge in [0.15, 0.2) is 5.82 Å². The fourth-order valence-corrected chi connectivity index (χ4v) is 3.56. The van der Waals surface area contributed by atoms with Gasteiger partial charge in [0.25, 0.3) is 0 Å². The van der Waals surface area contributed by atoms with Crippen molar-refractivity contribution in [1.82, 2.24) is 20.3 Å². The van der Waals surface area contributed by atoms with Gasteiger partial charge in [0.2, 0.25) is 0 Å². The highest BCUT2D eigenvalue weighted by atomic mass is 14.9. The van der Waals surface area contributed by atoms with E-state index in [2.05, 4.69) is 52.3 Å². The second-order valence-electron chi connectivity index (χ2n) is 7.33. The lowest BCUT2D eigenvalue weighted by Gasteiger charge is -2.12. The Morgan fingerprint density at radius 2 is 1.90 bits per heavy atom. The van der Waals surface area contributed by atoms with E-state index in [1.165, 1.54) is 11.1 Å². The quantitative estimate of drug-likeness (QED) is 0.275. The lowest BCUT2D eigenvalue weighted by molar-refractivity contribution is 0.726. The van der Waals surface area contributed by atoms with Gasteiger partial charge in [-0.25, -0.2) is 4.98 Å². The molecule has 5 N–H and O–H groups in total. The molecule has 30 heavy (non-hydrogen) atoms. The fraction of sp³-hybridized carbons (Fsp3) is 0.208. The van der Waals surface area contributed by atoms with Crippen molar-refractivity contribution in [3.63, 3.8) is 0 Å². The molecule has 0 aliphatic heterocycles. The average Bonchev–Trinajstić information content (AvgIpc) is 3.21. The maximum absolute atomic E-state index is 8.71. The standard InChI is InChI=1S/C24H26N6/c1-3-15-9-16(13-27-4-2)11-18(10-15)17-5-6-20(25)19(12-17)23(26)24-29-21-7-8-28-14-22(21)30-24/h5-12,14,26-27H,3-4,13,25H2,1-2H3,(H,29,30). The molecule has 2 heterocycles. The van der Waals surface area contributed by atoms with E-state index in [-0.39, 0.29) is 5.71 Å². The number of imidazole rings is 1. The lowest BCUT2D eigenvalue weighted by atomic mass is 9.95. The van der Waals surface area contributed by atoms with Gasteiger partial charge in [-0.05, 0) is 59.5 Å². The third-order valence-corrected chi connectivity index (χ3v) is 5.22. The molecule has 152 valence electrons. The zero-order valence-electron chi connectivity index (χ0n) is 17.3. The van der Waals surface area contributed by atoms with Gasteiger partial charge < -0.3 is 16.0 Å². The molecule has 4 aromatic rings. The van der Waals surface area contributed by atoms with Crippen LogP contribution in [0, 0.1) is 5.41 Å². The summed E-state index contributed by atoms with van der Waals surface area (Å²) in [6.07, 6.45) is 4.37. The van der Waals surface area contributed by atoms with Crippen LogP contribution >= 0.6 is 0 Å². The molecule has 0 bridgehead atoms. The van der Waals surface area contributed by atoms with Crippen LogP contribution in [0.2, 0.25) is 0 Å². The first kappa shape index (κ1) is 19.8. The highest BCUT2D eigenvalue weighted by Crippen LogP contribution is 2.28. The number of hydrogen-bond donors (Lipinski definition) is 4. The molecule has 0 spiro atoms. The summed E-state index contributed by atoms with van der Waals surface area (Å²) in [7, 11) is 0. The highest BCUT2D eigenvalue weighted by molar-refractivity contribution is 6.13. The third kappa shape index (κ3) is 3.95. The van der Waals surface area contributed by atoms with E-state index >= 15 is 0 Å². The Bertz CT molecular complexity index is 1170. The summed E-state index contributed by atoms with van der Waals surface area (Å²) in [6.45, 7) is 6.04. The zero-order valence-corrected chi connectivity index (χ0v) is 17.3. The first-order valence-electron chi connectivity index (χ1n) is 10.2. The van der Waals surface area contributed by atoms with Gasteiger partial charge >= 0.3 is 0 Å². The maximum atomic E-state index is 8.71. The number of aromatic nitrogens is 3. The summed E-state index contributed by atoms with van der Waals surface area (Å²) in [6, 6.07) is 14.3. The third-order valence-electron chi connectivity index (χ3n) is 5.22. The number of nitrogens with zero attached hydrogens (tertiary/aromatic N) is 2. The normalized spacial score (nSPS) is 11.1. The Hall–Kier alpha value is -3.51. The van der Waals surface area contributed by atoms with Crippen LogP contribution in [0.25, 0.3) is 22.2 Å². The molecule has 4 rings (SSSR count). The number of aromatic amines is 1. The van der Waals surface area contributed by atoms with E-state index in [1.807, 2.05) is 24.3 Å². The fourth-order valence-electron chi connectivity index (χ4n) is 3.56. The van der Waals surface area contributed by atoms with Crippen LogP contribution in [0.3, 0.4) is 0 Å². The van der Waals surface area contributed by atoms with Crippen LogP contribution in [0.15, 0.2) is 54.9 Å². The second kappa shape index (κ2) is 8.47. The van der Waals surface area contributed by atoms with E-state index in [9.17, 15) is 0 Å². The van der Waals surface area contributed by atoms with Crippen molar-refractivity contribution in [2.24, 2.45) is 0 Å². The monoisotopic (exact) mass is 398 g/mol. The molecule has 2 aromatic heterocycles. The highest BCUT2D eigenvalue weighted by Gasteiger charge is 2.15. The molecule has 2 aromatic carbocycles. The van der Waals surface area contributed by atoms with Crippen molar-refractivity contribution >= 4 is 22.4 Å². The number of anilines is 1. The van der Waals surface area contributed by atoms with Gasteiger partial charge in [0.1, 0.15) is 5.71 Å². The smallest absolute Gasteiger partial charge is 0.157 e. The number of hydrogen-bond acceptors (Lipinski definition) is 5. The molecule has 0 saturated heterocycles. The van der Waals surface area contributed by atoms with E-state index in [0.717, 1.165) is 41.7 Å². The van der Waals surface area contributed by atoms with Crippen LogP contribution < -0.4 is 11.1 Å². The summed E-state index contributed by atoms with van der Waals surface area (Å²) in [5, 5.41) is 12.1. The first-order valence-corrected chi connectivity index (χ1v) is 10.2. The minimum Gasteiger partial charge on any atom is -0.398 e. The zero-order chi connectivity index (χ0) is 21.1. The van der Waals surface area contributed by atoms with Crippen molar-refractivity contribution in [3.8, 4) is 11.1 Å². The topological polar surface area (TPSA) is 103 Å². The van der Waals surface area contributed by atoms with Gasteiger partial charge in [-0.1, -0.05) is 32.0 Å². The SMILES string of the molecule is CCNCc1cc(CC)cc(-c2ccc(N)c(C(=N)c3nc4ccncc4[nH]3)c2)c1. The molecule has 6 heteroatoms. The molecule has 0 saturated carbocycles. The summed E-state index contributed by atoms with van der Waals surface area (Å²) in [4.78, 5) is 11.8. The molecule has 6 nitrogen and oxygen atoms in total.